The number of nitrogens with zero attached hydrogens (tertiary/aromatic N) is 1. The number of halogens is 1. The van der Waals surface area contributed by atoms with E-state index in [1.807, 2.05) is 0 Å². The molecule has 0 aromatic carbocycles. The van der Waals surface area contributed by atoms with Gasteiger partial charge in [-0.2, -0.15) is 0 Å². The maximum atomic E-state index is 12.8. The Hall–Kier alpha value is -0.580. The summed E-state index contributed by atoms with van der Waals surface area (Å²) < 4.78 is 0. The Balaban J connectivity index is 2.14. The minimum atomic E-state index is -0.611. The van der Waals surface area contributed by atoms with Gasteiger partial charge in [0, 0.05) is 11.9 Å². The lowest BCUT2D eigenvalue weighted by atomic mass is 9.83. The third kappa shape index (κ3) is 3.18. The quantitative estimate of drug-likeness (QED) is 0.629. The van der Waals surface area contributed by atoms with Crippen LogP contribution >= 0.6 is 15.9 Å². The Kier molecular flexibility index (Phi) is 4.77. The van der Waals surface area contributed by atoms with Crippen molar-refractivity contribution < 1.29 is 9.59 Å². The number of imide groups is 1. The van der Waals surface area contributed by atoms with Crippen molar-refractivity contribution in [1.82, 2.24) is 10.2 Å². The molecule has 3 amide bonds. The molecular weight excluding hydrogens is 320 g/mol. The fraction of sp³-hybridized carbons (Fsp3) is 0.867. The number of urea groups is 1. The van der Waals surface area contributed by atoms with Crippen LogP contribution in [0.2, 0.25) is 0 Å². The van der Waals surface area contributed by atoms with E-state index in [1.165, 1.54) is 11.3 Å². The molecule has 1 saturated carbocycles. The second-order valence-corrected chi connectivity index (χ2v) is 7.53. The van der Waals surface area contributed by atoms with E-state index in [2.05, 4.69) is 35.1 Å². The maximum Gasteiger partial charge on any atom is 0.325 e. The Morgan fingerprint density at radius 3 is 2.25 bits per heavy atom. The van der Waals surface area contributed by atoms with E-state index in [0.29, 0.717) is 6.54 Å². The second-order valence-electron chi connectivity index (χ2n) is 6.97. The summed E-state index contributed by atoms with van der Waals surface area (Å²) >= 11 is 3.46. The van der Waals surface area contributed by atoms with Gasteiger partial charge in [-0.1, -0.05) is 61.9 Å². The topological polar surface area (TPSA) is 49.4 Å². The van der Waals surface area contributed by atoms with Crippen LogP contribution in [0.4, 0.5) is 4.79 Å². The highest BCUT2D eigenvalue weighted by Crippen LogP contribution is 2.33. The van der Waals surface area contributed by atoms with Gasteiger partial charge in [0.2, 0.25) is 0 Å². The van der Waals surface area contributed by atoms with Crippen molar-refractivity contribution in [2.45, 2.75) is 64.3 Å². The lowest BCUT2D eigenvalue weighted by Crippen LogP contribution is -2.48. The zero-order valence-electron chi connectivity index (χ0n) is 12.5. The van der Waals surface area contributed by atoms with Crippen molar-refractivity contribution in [2.75, 3.05) is 11.9 Å². The summed E-state index contributed by atoms with van der Waals surface area (Å²) in [5.41, 5.74) is -0.708. The van der Waals surface area contributed by atoms with Crippen LogP contribution in [0.5, 0.6) is 0 Å². The van der Waals surface area contributed by atoms with E-state index in [4.69, 9.17) is 0 Å². The van der Waals surface area contributed by atoms with Crippen LogP contribution in [0, 0.1) is 5.41 Å². The van der Waals surface area contributed by atoms with Gasteiger partial charge in [-0.15, -0.1) is 0 Å². The molecule has 114 valence electrons. The molecule has 1 aliphatic heterocycles. The van der Waals surface area contributed by atoms with Crippen molar-refractivity contribution in [3.05, 3.63) is 0 Å². The Morgan fingerprint density at radius 2 is 1.70 bits per heavy atom. The molecule has 1 spiro atoms. The highest BCUT2D eigenvalue weighted by atomic mass is 79.9. The molecule has 1 heterocycles. The van der Waals surface area contributed by atoms with Crippen molar-refractivity contribution in [3.63, 3.8) is 0 Å². The third-order valence-electron chi connectivity index (χ3n) is 4.40. The summed E-state index contributed by atoms with van der Waals surface area (Å²) in [5, 5.41) is 3.77. The predicted molar refractivity (Wildman–Crippen MR) is 82.9 cm³/mol. The van der Waals surface area contributed by atoms with E-state index in [9.17, 15) is 9.59 Å². The summed E-state index contributed by atoms with van der Waals surface area (Å²) in [7, 11) is 0. The van der Waals surface area contributed by atoms with Crippen LogP contribution < -0.4 is 5.32 Å². The summed E-state index contributed by atoms with van der Waals surface area (Å²) in [6.45, 7) is 4.60. The number of carbonyl (C=O) groups excluding carboxylic acids is 2. The number of amides is 3. The van der Waals surface area contributed by atoms with E-state index in [0.717, 1.165) is 43.9 Å². The van der Waals surface area contributed by atoms with E-state index in [1.54, 1.807) is 0 Å². The van der Waals surface area contributed by atoms with Gasteiger partial charge in [-0.3, -0.25) is 9.69 Å². The zero-order valence-corrected chi connectivity index (χ0v) is 14.1. The van der Waals surface area contributed by atoms with Gasteiger partial charge in [-0.25, -0.2) is 4.79 Å². The normalized spacial score (nSPS) is 23.6. The monoisotopic (exact) mass is 344 g/mol. The van der Waals surface area contributed by atoms with Crippen LogP contribution in [-0.2, 0) is 4.79 Å². The molecule has 1 saturated heterocycles. The first-order valence-electron chi connectivity index (χ1n) is 7.60. The largest absolute Gasteiger partial charge is 0.325 e. The summed E-state index contributed by atoms with van der Waals surface area (Å²) in [5.74, 6) is -0.00146. The van der Waals surface area contributed by atoms with Crippen molar-refractivity contribution >= 4 is 27.9 Å². The van der Waals surface area contributed by atoms with Crippen molar-refractivity contribution in [1.29, 1.82) is 0 Å². The summed E-state index contributed by atoms with van der Waals surface area (Å²) in [4.78, 5) is 26.4. The second kappa shape index (κ2) is 6.04. The lowest BCUT2D eigenvalue weighted by molar-refractivity contribution is -0.132. The van der Waals surface area contributed by atoms with Gasteiger partial charge in [0.05, 0.1) is 0 Å². The zero-order chi connectivity index (χ0) is 14.8. The van der Waals surface area contributed by atoms with E-state index >= 15 is 0 Å². The van der Waals surface area contributed by atoms with Gasteiger partial charge in [0.1, 0.15) is 5.54 Å². The molecule has 2 rings (SSSR count). The van der Waals surface area contributed by atoms with E-state index < -0.39 is 5.54 Å². The van der Waals surface area contributed by atoms with Crippen LogP contribution in [-0.4, -0.2) is 34.3 Å². The molecule has 20 heavy (non-hydrogen) atoms. The molecule has 0 aromatic heterocycles. The fourth-order valence-corrected chi connectivity index (χ4v) is 3.32. The third-order valence-corrected chi connectivity index (χ3v) is 5.92. The van der Waals surface area contributed by atoms with Gasteiger partial charge in [-0.05, 0) is 18.3 Å². The Morgan fingerprint density at radius 1 is 1.15 bits per heavy atom. The average molecular weight is 345 g/mol. The highest BCUT2D eigenvalue weighted by molar-refractivity contribution is 9.09. The molecule has 0 unspecified atom stereocenters. The van der Waals surface area contributed by atoms with Crippen molar-refractivity contribution in [3.8, 4) is 0 Å². The molecule has 0 radical (unpaired) electrons. The minimum absolute atomic E-state index is 0.00146. The molecule has 0 atom stereocenters. The van der Waals surface area contributed by atoms with Crippen LogP contribution in [0.1, 0.15) is 58.8 Å². The first kappa shape index (κ1) is 15.8. The van der Waals surface area contributed by atoms with E-state index in [-0.39, 0.29) is 17.4 Å². The number of alkyl halides is 1. The number of hydrogen-bond acceptors (Lipinski definition) is 2. The molecule has 0 aromatic rings. The molecule has 4 nitrogen and oxygen atoms in total. The molecule has 5 heteroatoms. The van der Waals surface area contributed by atoms with Gasteiger partial charge >= 0.3 is 6.03 Å². The highest BCUT2D eigenvalue weighted by Gasteiger charge is 2.51. The molecule has 0 bridgehead atoms. The lowest BCUT2D eigenvalue weighted by Gasteiger charge is -2.30. The number of carbonyl (C=O) groups is 2. The van der Waals surface area contributed by atoms with Crippen LogP contribution in [0.25, 0.3) is 0 Å². The first-order valence-corrected chi connectivity index (χ1v) is 8.72. The van der Waals surface area contributed by atoms with Gasteiger partial charge in [0.25, 0.3) is 5.91 Å². The predicted octanol–water partition coefficient (Wildman–Crippen LogP) is 3.44. The number of hydrogen-bond donors (Lipinski definition) is 1. The number of rotatable bonds is 3. The SMILES string of the molecule is CC(C)(CBr)CN1C(=O)NC2(CCCCCCC2)C1=O. The fourth-order valence-electron chi connectivity index (χ4n) is 3.14. The first-order chi connectivity index (χ1) is 9.40. The van der Waals surface area contributed by atoms with Crippen LogP contribution in [0.15, 0.2) is 0 Å². The average Bonchev–Trinajstić information content (AvgIpc) is 2.59. The molecule has 2 fully saturated rings. The summed E-state index contributed by atoms with van der Waals surface area (Å²) in [6.07, 6.45) is 7.23. The molecule has 1 N–H and O–H groups in total. The molecule has 1 aliphatic carbocycles. The minimum Gasteiger partial charge on any atom is -0.323 e. The molecular formula is C15H25BrN2O2. The Bertz CT molecular complexity index is 387. The Labute approximate surface area is 129 Å². The van der Waals surface area contributed by atoms with Gasteiger partial charge < -0.3 is 5.32 Å². The molecule has 2 aliphatic rings. The number of nitrogens with one attached hydrogen (secondary N) is 1. The standard InChI is InChI=1S/C15H25BrN2O2/c1-14(2,10-16)11-18-12(19)15(17-13(18)20)8-6-4-3-5-7-9-15/h3-11H2,1-2H3,(H,17,20). The maximum absolute atomic E-state index is 12.8. The summed E-state index contributed by atoms with van der Waals surface area (Å²) in [6, 6.07) is -0.204. The van der Waals surface area contributed by atoms with Gasteiger partial charge in [0.15, 0.2) is 0 Å². The smallest absolute Gasteiger partial charge is 0.323 e. The van der Waals surface area contributed by atoms with Crippen LogP contribution in [0.3, 0.4) is 0 Å². The van der Waals surface area contributed by atoms with Crippen molar-refractivity contribution in [2.24, 2.45) is 5.41 Å².